The predicted octanol–water partition coefficient (Wildman–Crippen LogP) is 4.37. The summed E-state index contributed by atoms with van der Waals surface area (Å²) in [5.74, 6) is -0.441. The normalized spacial score (nSPS) is 24.6. The van der Waals surface area contributed by atoms with Crippen molar-refractivity contribution in [3.05, 3.63) is 77.3 Å². The van der Waals surface area contributed by atoms with Gasteiger partial charge in [-0.3, -0.25) is 0 Å². The van der Waals surface area contributed by atoms with Gasteiger partial charge in [0.2, 0.25) is 0 Å². The maximum absolute atomic E-state index is 14.5. The highest BCUT2D eigenvalue weighted by Gasteiger charge is 2.65. The lowest BCUT2D eigenvalue weighted by atomic mass is 9.66. The van der Waals surface area contributed by atoms with E-state index in [9.17, 15) is 13.9 Å². The standard InChI is InChI=1S/C27H25F2N7O/c1-25(2)16-7-11-27(25,22-15(16)13-19(33-34-22)21-17(28)5-3-6-18(21)29)20-8-12-30-24(32-20)36-14-31-23(35-36)26(37)9-4-10-26/h3,5-6,8,12-14,16,37H,4,7,9-11H2,1-2H3/t16-,27-/m0/s1. The van der Waals surface area contributed by atoms with Crippen molar-refractivity contribution in [2.24, 2.45) is 5.41 Å². The molecule has 2 bridgehead atoms. The third-order valence-corrected chi connectivity index (χ3v) is 8.97. The minimum atomic E-state index is -0.975. The van der Waals surface area contributed by atoms with Gasteiger partial charge in [0.05, 0.1) is 28.1 Å². The van der Waals surface area contributed by atoms with Crippen molar-refractivity contribution in [2.75, 3.05) is 0 Å². The zero-order chi connectivity index (χ0) is 25.6. The molecule has 1 N–H and O–H groups in total. The third-order valence-electron chi connectivity index (χ3n) is 8.97. The molecule has 3 aliphatic carbocycles. The Labute approximate surface area is 211 Å². The summed E-state index contributed by atoms with van der Waals surface area (Å²) in [7, 11) is 0. The van der Waals surface area contributed by atoms with Crippen molar-refractivity contribution < 1.29 is 13.9 Å². The van der Waals surface area contributed by atoms with E-state index in [2.05, 4.69) is 39.1 Å². The monoisotopic (exact) mass is 501 g/mol. The van der Waals surface area contributed by atoms with Gasteiger partial charge in [-0.15, -0.1) is 10.2 Å². The Balaban J connectivity index is 1.33. The molecule has 3 aliphatic rings. The molecule has 4 aromatic rings. The van der Waals surface area contributed by atoms with Crippen LogP contribution in [-0.4, -0.2) is 40.0 Å². The molecule has 1 aromatic carbocycles. The Morgan fingerprint density at radius 2 is 1.81 bits per heavy atom. The fourth-order valence-corrected chi connectivity index (χ4v) is 6.76. The summed E-state index contributed by atoms with van der Waals surface area (Å²) in [4.78, 5) is 13.7. The van der Waals surface area contributed by atoms with Crippen molar-refractivity contribution in [2.45, 2.75) is 62.9 Å². The second-order valence-corrected chi connectivity index (χ2v) is 11.0. The molecule has 7 rings (SSSR count). The summed E-state index contributed by atoms with van der Waals surface area (Å²) >= 11 is 0. The predicted molar refractivity (Wildman–Crippen MR) is 129 cm³/mol. The van der Waals surface area contributed by atoms with Gasteiger partial charge < -0.3 is 5.11 Å². The zero-order valence-corrected chi connectivity index (χ0v) is 20.5. The second-order valence-electron chi connectivity index (χ2n) is 11.0. The number of fused-ring (bicyclic) bond motifs is 5. The van der Waals surface area contributed by atoms with Crippen LogP contribution in [0.5, 0.6) is 0 Å². The Bertz CT molecular complexity index is 1540. The van der Waals surface area contributed by atoms with E-state index in [4.69, 9.17) is 4.98 Å². The summed E-state index contributed by atoms with van der Waals surface area (Å²) in [6, 6.07) is 7.49. The molecule has 0 amide bonds. The van der Waals surface area contributed by atoms with Gasteiger partial charge in [0.15, 0.2) is 5.82 Å². The molecule has 2 fully saturated rings. The Morgan fingerprint density at radius 1 is 1.03 bits per heavy atom. The number of nitrogens with zero attached hydrogens (tertiary/aromatic N) is 7. The van der Waals surface area contributed by atoms with E-state index in [0.717, 1.165) is 36.2 Å². The van der Waals surface area contributed by atoms with Crippen LogP contribution in [0.15, 0.2) is 42.9 Å². The average molecular weight is 502 g/mol. The molecule has 0 unspecified atom stereocenters. The lowest BCUT2D eigenvalue weighted by Crippen LogP contribution is -2.38. The van der Waals surface area contributed by atoms with Crippen LogP contribution in [0.1, 0.15) is 74.6 Å². The third kappa shape index (κ3) is 2.90. The molecule has 0 aliphatic heterocycles. The fourth-order valence-electron chi connectivity index (χ4n) is 6.76. The highest BCUT2D eigenvalue weighted by molar-refractivity contribution is 5.64. The van der Waals surface area contributed by atoms with Gasteiger partial charge in [-0.1, -0.05) is 19.9 Å². The highest BCUT2D eigenvalue weighted by Crippen LogP contribution is 2.69. The molecular weight excluding hydrogens is 476 g/mol. The summed E-state index contributed by atoms with van der Waals surface area (Å²) in [5, 5.41) is 24.0. The Hall–Kier alpha value is -3.66. The highest BCUT2D eigenvalue weighted by atomic mass is 19.1. The van der Waals surface area contributed by atoms with Crippen molar-refractivity contribution in [3.8, 4) is 17.2 Å². The Morgan fingerprint density at radius 3 is 2.54 bits per heavy atom. The minimum Gasteiger partial charge on any atom is -0.382 e. The fraction of sp³-hybridized carbons (Fsp3) is 0.407. The van der Waals surface area contributed by atoms with Crippen LogP contribution in [0.3, 0.4) is 0 Å². The molecule has 0 spiro atoms. The first-order valence-corrected chi connectivity index (χ1v) is 12.6. The molecule has 37 heavy (non-hydrogen) atoms. The largest absolute Gasteiger partial charge is 0.382 e. The van der Waals surface area contributed by atoms with Crippen molar-refractivity contribution in [3.63, 3.8) is 0 Å². The SMILES string of the molecule is CC1(C)[C@H]2CC[C@]1(c1ccnc(-n3cnc(C4(O)CCC4)n3)n1)c1nnc(-c3c(F)cccc3F)cc12. The van der Waals surface area contributed by atoms with Crippen LogP contribution in [0.25, 0.3) is 17.2 Å². The van der Waals surface area contributed by atoms with Crippen LogP contribution in [-0.2, 0) is 11.0 Å². The molecule has 10 heteroatoms. The number of hydrogen-bond donors (Lipinski definition) is 1. The summed E-state index contributed by atoms with van der Waals surface area (Å²) in [6.45, 7) is 4.38. The second kappa shape index (κ2) is 7.44. The van der Waals surface area contributed by atoms with E-state index in [1.807, 2.05) is 6.07 Å². The quantitative estimate of drug-likeness (QED) is 0.443. The van der Waals surface area contributed by atoms with E-state index < -0.39 is 22.7 Å². The number of benzene rings is 1. The molecule has 3 aromatic heterocycles. The van der Waals surface area contributed by atoms with Crippen molar-refractivity contribution >= 4 is 0 Å². The summed E-state index contributed by atoms with van der Waals surface area (Å²) in [6.07, 6.45) is 7.17. The van der Waals surface area contributed by atoms with E-state index in [-0.39, 0.29) is 22.6 Å². The van der Waals surface area contributed by atoms with Crippen molar-refractivity contribution in [1.29, 1.82) is 0 Å². The first-order chi connectivity index (χ1) is 17.7. The van der Waals surface area contributed by atoms with Crippen LogP contribution >= 0.6 is 0 Å². The van der Waals surface area contributed by atoms with E-state index in [1.165, 1.54) is 29.2 Å². The maximum atomic E-state index is 14.5. The van der Waals surface area contributed by atoms with Crippen LogP contribution in [0, 0.1) is 17.0 Å². The van der Waals surface area contributed by atoms with Crippen LogP contribution in [0.4, 0.5) is 8.78 Å². The molecule has 8 nitrogen and oxygen atoms in total. The molecular formula is C27H25F2N7O. The minimum absolute atomic E-state index is 0.135. The molecule has 2 atom stereocenters. The van der Waals surface area contributed by atoms with Crippen LogP contribution in [0.2, 0.25) is 0 Å². The molecule has 0 radical (unpaired) electrons. The number of rotatable bonds is 4. The number of aromatic nitrogens is 7. The van der Waals surface area contributed by atoms with Gasteiger partial charge in [0, 0.05) is 6.20 Å². The average Bonchev–Trinajstić information content (AvgIpc) is 3.51. The smallest absolute Gasteiger partial charge is 0.252 e. The van der Waals surface area contributed by atoms with Gasteiger partial charge in [0.1, 0.15) is 23.6 Å². The maximum Gasteiger partial charge on any atom is 0.252 e. The van der Waals surface area contributed by atoms with Crippen molar-refractivity contribution in [1.82, 2.24) is 34.9 Å². The van der Waals surface area contributed by atoms with Gasteiger partial charge in [0.25, 0.3) is 5.95 Å². The number of halogens is 2. The van der Waals surface area contributed by atoms with Crippen LogP contribution < -0.4 is 0 Å². The van der Waals surface area contributed by atoms with Gasteiger partial charge in [-0.25, -0.2) is 23.7 Å². The zero-order valence-electron chi connectivity index (χ0n) is 20.5. The summed E-state index contributed by atoms with van der Waals surface area (Å²) in [5.41, 5.74) is 0.795. The molecule has 0 saturated heterocycles. The van der Waals surface area contributed by atoms with E-state index in [0.29, 0.717) is 24.6 Å². The van der Waals surface area contributed by atoms with Gasteiger partial charge in [-0.05, 0) is 73.3 Å². The number of hydrogen-bond acceptors (Lipinski definition) is 7. The van der Waals surface area contributed by atoms with Gasteiger partial charge >= 0.3 is 0 Å². The first kappa shape index (κ1) is 22.5. The van der Waals surface area contributed by atoms with E-state index >= 15 is 0 Å². The first-order valence-electron chi connectivity index (χ1n) is 12.6. The number of aliphatic hydroxyl groups is 1. The summed E-state index contributed by atoms with van der Waals surface area (Å²) < 4.78 is 30.5. The molecule has 188 valence electrons. The lowest BCUT2D eigenvalue weighted by Gasteiger charge is -2.37. The Kier molecular flexibility index (Phi) is 4.53. The lowest BCUT2D eigenvalue weighted by molar-refractivity contribution is -0.0466. The van der Waals surface area contributed by atoms with Gasteiger partial charge in [-0.2, -0.15) is 9.78 Å². The molecule has 2 saturated carbocycles. The topological polar surface area (TPSA) is 102 Å². The van der Waals surface area contributed by atoms with E-state index in [1.54, 1.807) is 12.3 Å². The molecule has 3 heterocycles.